The Morgan fingerprint density at radius 3 is 2.75 bits per heavy atom. The van der Waals surface area contributed by atoms with Crippen molar-refractivity contribution in [3.8, 4) is 0 Å². The van der Waals surface area contributed by atoms with Crippen LogP contribution in [0.4, 0.5) is 0 Å². The molecule has 0 bridgehead atoms. The lowest BCUT2D eigenvalue weighted by Gasteiger charge is -2.04. The third-order valence-corrected chi connectivity index (χ3v) is 2.58. The minimum absolute atomic E-state index is 0.0575. The van der Waals surface area contributed by atoms with E-state index in [0.29, 0.717) is 18.4 Å². The minimum atomic E-state index is -0.326. The predicted molar refractivity (Wildman–Crippen MR) is 57.9 cm³/mol. The fourth-order valence-corrected chi connectivity index (χ4v) is 1.66. The van der Waals surface area contributed by atoms with E-state index in [9.17, 15) is 9.59 Å². The maximum atomic E-state index is 11.7. The maximum absolute atomic E-state index is 11.7. The average Bonchev–Trinajstić information content (AvgIpc) is 2.73. The monoisotopic (exact) mass is 219 g/mol. The normalized spacial score (nSPS) is 19.5. The second-order valence-electron chi connectivity index (χ2n) is 3.69. The van der Waals surface area contributed by atoms with Gasteiger partial charge < -0.3 is 4.74 Å². The Balaban J connectivity index is 1.87. The van der Waals surface area contributed by atoms with Gasteiger partial charge in [-0.1, -0.05) is 30.3 Å². The van der Waals surface area contributed by atoms with E-state index in [2.05, 4.69) is 5.32 Å². The number of carbonyl (C=O) groups excluding carboxylic acids is 2. The molecule has 1 saturated heterocycles. The zero-order valence-electron chi connectivity index (χ0n) is 8.81. The molecule has 1 aromatic carbocycles. The molecule has 1 aliphatic heterocycles. The highest BCUT2D eigenvalue weighted by molar-refractivity contribution is 5.96. The van der Waals surface area contributed by atoms with Crippen LogP contribution in [0.15, 0.2) is 30.3 Å². The Bertz CT molecular complexity index is 389. The number of rotatable bonds is 4. The first-order valence-corrected chi connectivity index (χ1v) is 5.25. The molecule has 0 radical (unpaired) electrons. The van der Waals surface area contributed by atoms with Crippen molar-refractivity contribution < 1.29 is 14.3 Å². The maximum Gasteiger partial charge on any atom is 0.324 e. The summed E-state index contributed by atoms with van der Waals surface area (Å²) >= 11 is 0. The average molecular weight is 219 g/mol. The first kappa shape index (κ1) is 10.8. The molecule has 4 heteroatoms. The molecule has 2 rings (SSSR count). The molecule has 1 heterocycles. The summed E-state index contributed by atoms with van der Waals surface area (Å²) in [7, 11) is 0. The number of hydrogen-bond acceptors (Lipinski definition) is 4. The van der Waals surface area contributed by atoms with Crippen LogP contribution in [0.25, 0.3) is 0 Å². The fourth-order valence-electron chi connectivity index (χ4n) is 1.66. The van der Waals surface area contributed by atoms with Crippen LogP contribution in [-0.2, 0) is 9.53 Å². The molecule has 1 atom stereocenters. The molecule has 1 unspecified atom stereocenters. The third-order valence-electron chi connectivity index (χ3n) is 2.58. The van der Waals surface area contributed by atoms with E-state index >= 15 is 0 Å². The van der Waals surface area contributed by atoms with Gasteiger partial charge in [0.25, 0.3) is 0 Å². The second-order valence-corrected chi connectivity index (χ2v) is 3.69. The van der Waals surface area contributed by atoms with E-state index in [1.807, 2.05) is 18.2 Å². The van der Waals surface area contributed by atoms with Gasteiger partial charge in [0.15, 0.2) is 5.78 Å². The van der Waals surface area contributed by atoms with E-state index in [1.54, 1.807) is 12.1 Å². The number of ketones is 1. The van der Waals surface area contributed by atoms with Crippen LogP contribution < -0.4 is 5.32 Å². The van der Waals surface area contributed by atoms with Crippen LogP contribution in [0.3, 0.4) is 0 Å². The highest BCUT2D eigenvalue weighted by Crippen LogP contribution is 2.09. The van der Waals surface area contributed by atoms with Crippen molar-refractivity contribution in [2.24, 2.45) is 0 Å². The Kier molecular flexibility index (Phi) is 3.31. The number of Topliss-reactive ketones (excluding diaryl/α,β-unsaturated/α-hetero) is 1. The first-order chi connectivity index (χ1) is 7.77. The highest BCUT2D eigenvalue weighted by atomic mass is 16.6. The molecule has 0 saturated carbocycles. The number of esters is 1. The quantitative estimate of drug-likeness (QED) is 0.609. The number of carbonyl (C=O) groups is 2. The van der Waals surface area contributed by atoms with Gasteiger partial charge in [-0.2, -0.15) is 0 Å². The molecule has 0 spiro atoms. The molecule has 1 aromatic rings. The first-order valence-electron chi connectivity index (χ1n) is 5.25. The highest BCUT2D eigenvalue weighted by Gasteiger charge is 2.25. The van der Waals surface area contributed by atoms with Crippen LogP contribution in [0.1, 0.15) is 23.2 Å². The van der Waals surface area contributed by atoms with E-state index in [4.69, 9.17) is 4.74 Å². The summed E-state index contributed by atoms with van der Waals surface area (Å²) in [6.45, 7) is 0.253. The molecule has 16 heavy (non-hydrogen) atoms. The van der Waals surface area contributed by atoms with Crippen molar-refractivity contribution in [1.82, 2.24) is 5.32 Å². The second kappa shape index (κ2) is 4.90. The number of nitrogens with one attached hydrogen (secondary N) is 1. The van der Waals surface area contributed by atoms with Crippen molar-refractivity contribution in [2.45, 2.75) is 18.9 Å². The van der Waals surface area contributed by atoms with Gasteiger partial charge in [-0.05, 0) is 6.42 Å². The number of hydrogen-bond donors (Lipinski definition) is 1. The van der Waals surface area contributed by atoms with Crippen molar-refractivity contribution in [3.05, 3.63) is 35.9 Å². The molecular weight excluding hydrogens is 206 g/mol. The molecule has 0 amide bonds. The molecule has 0 aliphatic carbocycles. The molecule has 1 fully saturated rings. The molecule has 4 nitrogen and oxygen atoms in total. The lowest BCUT2D eigenvalue weighted by atomic mass is 10.0. The van der Waals surface area contributed by atoms with Crippen LogP contribution in [-0.4, -0.2) is 24.5 Å². The van der Waals surface area contributed by atoms with E-state index < -0.39 is 0 Å². The third kappa shape index (κ3) is 2.46. The number of cyclic esters (lactones) is 1. The number of ether oxygens (including phenoxy) is 1. The molecule has 84 valence electrons. The Labute approximate surface area is 93.6 Å². The topological polar surface area (TPSA) is 55.4 Å². The smallest absolute Gasteiger partial charge is 0.324 e. The number of benzene rings is 1. The lowest BCUT2D eigenvalue weighted by molar-refractivity contribution is -0.139. The van der Waals surface area contributed by atoms with Crippen LogP contribution >= 0.6 is 0 Å². The van der Waals surface area contributed by atoms with Gasteiger partial charge in [0.1, 0.15) is 12.8 Å². The van der Waals surface area contributed by atoms with Crippen LogP contribution in [0.2, 0.25) is 0 Å². The standard InChI is InChI=1S/C12H13NO3/c14-11(9-4-2-1-3-5-9)7-6-10-12(15)16-8-13-10/h1-5,10,13H,6-8H2. The van der Waals surface area contributed by atoms with Gasteiger partial charge in [-0.15, -0.1) is 0 Å². The summed E-state index contributed by atoms with van der Waals surface area (Å²) in [5.74, 6) is -0.206. The summed E-state index contributed by atoms with van der Waals surface area (Å²) in [4.78, 5) is 22.9. The van der Waals surface area contributed by atoms with Crippen LogP contribution in [0.5, 0.6) is 0 Å². The Morgan fingerprint density at radius 1 is 1.38 bits per heavy atom. The van der Waals surface area contributed by atoms with Crippen molar-refractivity contribution in [1.29, 1.82) is 0 Å². The zero-order chi connectivity index (χ0) is 11.4. The fraction of sp³-hybridized carbons (Fsp3) is 0.333. The van der Waals surface area contributed by atoms with Gasteiger partial charge in [0.2, 0.25) is 0 Å². The van der Waals surface area contributed by atoms with Gasteiger partial charge in [0, 0.05) is 12.0 Å². The predicted octanol–water partition coefficient (Wildman–Crippen LogP) is 1.12. The van der Waals surface area contributed by atoms with Crippen molar-refractivity contribution in [2.75, 3.05) is 6.73 Å². The Hall–Kier alpha value is -1.68. The van der Waals surface area contributed by atoms with Crippen molar-refractivity contribution in [3.63, 3.8) is 0 Å². The zero-order valence-corrected chi connectivity index (χ0v) is 8.81. The van der Waals surface area contributed by atoms with Gasteiger partial charge in [-0.25, -0.2) is 0 Å². The van der Waals surface area contributed by atoms with Gasteiger partial charge in [0.05, 0.1) is 0 Å². The summed E-state index contributed by atoms with van der Waals surface area (Å²) in [5, 5.41) is 2.89. The van der Waals surface area contributed by atoms with E-state index in [-0.39, 0.29) is 24.5 Å². The van der Waals surface area contributed by atoms with Crippen molar-refractivity contribution >= 4 is 11.8 Å². The summed E-state index contributed by atoms with van der Waals surface area (Å²) in [5.41, 5.74) is 0.689. The van der Waals surface area contributed by atoms with E-state index in [0.717, 1.165) is 0 Å². The largest absolute Gasteiger partial charge is 0.449 e. The summed E-state index contributed by atoms with van der Waals surface area (Å²) in [6, 6.07) is 8.76. The van der Waals surface area contributed by atoms with Gasteiger partial charge in [-0.3, -0.25) is 14.9 Å². The Morgan fingerprint density at radius 2 is 2.12 bits per heavy atom. The minimum Gasteiger partial charge on any atom is -0.449 e. The SMILES string of the molecule is O=C(CCC1NCOC1=O)c1ccccc1. The molecule has 1 N–H and O–H groups in total. The molecule has 0 aromatic heterocycles. The van der Waals surface area contributed by atoms with Crippen LogP contribution in [0, 0.1) is 0 Å². The summed E-state index contributed by atoms with van der Waals surface area (Å²) in [6.07, 6.45) is 0.851. The molecule has 1 aliphatic rings. The van der Waals surface area contributed by atoms with E-state index in [1.165, 1.54) is 0 Å². The lowest BCUT2D eigenvalue weighted by Crippen LogP contribution is -2.27. The van der Waals surface area contributed by atoms with Gasteiger partial charge >= 0.3 is 5.97 Å². The molecular formula is C12H13NO3. The summed E-state index contributed by atoms with van der Waals surface area (Å²) < 4.78 is 4.74.